The minimum atomic E-state index is -0.0597. The van der Waals surface area contributed by atoms with Crippen molar-refractivity contribution in [3.05, 3.63) is 94.8 Å². The smallest absolute Gasteiger partial charge is 0.134 e. The number of benzene rings is 3. The summed E-state index contributed by atoms with van der Waals surface area (Å²) in [4.78, 5) is 0. The van der Waals surface area contributed by atoms with Gasteiger partial charge in [0.2, 0.25) is 0 Å². The monoisotopic (exact) mass is 522 g/mol. The van der Waals surface area contributed by atoms with Gasteiger partial charge >= 0.3 is 0 Å². The first kappa shape index (κ1) is 29.1. The molecule has 0 aromatic heterocycles. The first-order chi connectivity index (χ1) is 19.2. The molecule has 1 heteroatoms. The molecule has 0 amide bonds. The highest BCUT2D eigenvalue weighted by molar-refractivity contribution is 5.85. The summed E-state index contributed by atoms with van der Waals surface area (Å²) in [5, 5.41) is 1.63. The van der Waals surface area contributed by atoms with Gasteiger partial charge in [-0.05, 0) is 98.1 Å². The number of unbranched alkanes of at least 4 members (excludes halogenated alkanes) is 4. The number of halogens is 1. The average molecular weight is 523 g/mol. The van der Waals surface area contributed by atoms with Crippen LogP contribution in [0.1, 0.15) is 113 Å². The third kappa shape index (κ3) is 9.10. The Labute approximate surface area is 237 Å². The van der Waals surface area contributed by atoms with Crippen LogP contribution in [-0.2, 0) is 12.8 Å². The first-order valence-corrected chi connectivity index (χ1v) is 15.6. The lowest BCUT2D eigenvalue weighted by molar-refractivity contribution is 0.254. The topological polar surface area (TPSA) is 0 Å². The van der Waals surface area contributed by atoms with E-state index in [-0.39, 0.29) is 5.82 Å². The highest BCUT2D eigenvalue weighted by Crippen LogP contribution is 2.34. The summed E-state index contributed by atoms with van der Waals surface area (Å²) in [5.41, 5.74) is 4.22. The van der Waals surface area contributed by atoms with Gasteiger partial charge in [0.15, 0.2) is 0 Å². The van der Waals surface area contributed by atoms with Gasteiger partial charge in [-0.2, -0.15) is 0 Å². The minimum Gasteiger partial charge on any atom is -0.206 e. The predicted molar refractivity (Wildman–Crippen MR) is 167 cm³/mol. The Bertz CT molecular complexity index is 1250. The maximum Gasteiger partial charge on any atom is 0.134 e. The van der Waals surface area contributed by atoms with E-state index in [0.29, 0.717) is 5.39 Å². The molecule has 4 rings (SSSR count). The van der Waals surface area contributed by atoms with Gasteiger partial charge in [-0.25, -0.2) is 4.39 Å². The van der Waals surface area contributed by atoms with Gasteiger partial charge in [-0.3, -0.25) is 0 Å². The van der Waals surface area contributed by atoms with Gasteiger partial charge in [-0.15, -0.1) is 0 Å². The van der Waals surface area contributed by atoms with Crippen molar-refractivity contribution < 1.29 is 4.39 Å². The summed E-state index contributed by atoms with van der Waals surface area (Å²) in [6.07, 6.45) is 22.0. The van der Waals surface area contributed by atoms with E-state index < -0.39 is 0 Å². The largest absolute Gasteiger partial charge is 0.206 e. The molecule has 0 nitrogen and oxygen atoms in total. The Balaban J connectivity index is 1.27. The van der Waals surface area contributed by atoms with Gasteiger partial charge in [0.05, 0.1) is 0 Å². The molecule has 39 heavy (non-hydrogen) atoms. The van der Waals surface area contributed by atoms with Crippen molar-refractivity contribution in [2.45, 2.75) is 104 Å². The van der Waals surface area contributed by atoms with E-state index in [9.17, 15) is 0 Å². The number of hydrogen-bond donors (Lipinski definition) is 0. The lowest BCUT2D eigenvalue weighted by Gasteiger charge is -2.28. The zero-order valence-electron chi connectivity index (χ0n) is 24.3. The summed E-state index contributed by atoms with van der Waals surface area (Å²) < 4.78 is 15.1. The van der Waals surface area contributed by atoms with Gasteiger partial charge in [0, 0.05) is 16.5 Å². The molecular formula is C38H47F. The molecule has 1 aliphatic rings. The van der Waals surface area contributed by atoms with Crippen LogP contribution in [0.3, 0.4) is 0 Å². The Morgan fingerprint density at radius 1 is 0.769 bits per heavy atom. The average Bonchev–Trinajstić information content (AvgIpc) is 2.97. The molecule has 0 aliphatic heterocycles. The molecule has 0 N–H and O–H groups in total. The second-order valence-corrected chi connectivity index (χ2v) is 11.7. The Hall–Kier alpha value is -2.85. The van der Waals surface area contributed by atoms with Crippen LogP contribution in [0.2, 0.25) is 0 Å². The molecule has 0 bridgehead atoms. The first-order valence-electron chi connectivity index (χ1n) is 15.6. The SMILES string of the molecule is C/C=C/CCC1CCC(CCc2ccc(C#Cc3ccc4c(F)c(CCCCCCC)ccc4c3)cc2)CC1. The van der Waals surface area contributed by atoms with E-state index in [1.807, 2.05) is 24.3 Å². The van der Waals surface area contributed by atoms with E-state index in [2.05, 4.69) is 68.2 Å². The van der Waals surface area contributed by atoms with Crippen LogP contribution in [0.25, 0.3) is 10.8 Å². The summed E-state index contributed by atoms with van der Waals surface area (Å²) in [5.74, 6) is 8.37. The van der Waals surface area contributed by atoms with Crippen LogP contribution in [0, 0.1) is 29.5 Å². The molecule has 0 atom stereocenters. The molecule has 0 saturated heterocycles. The van der Waals surface area contributed by atoms with Crippen LogP contribution in [0.5, 0.6) is 0 Å². The zero-order chi connectivity index (χ0) is 27.3. The summed E-state index contributed by atoms with van der Waals surface area (Å²) in [6.45, 7) is 4.34. The van der Waals surface area contributed by atoms with E-state index in [0.717, 1.165) is 46.8 Å². The second-order valence-electron chi connectivity index (χ2n) is 11.7. The van der Waals surface area contributed by atoms with E-state index in [4.69, 9.17) is 0 Å². The fraction of sp³-hybridized carbons (Fsp3) is 0.474. The molecule has 1 saturated carbocycles. The van der Waals surface area contributed by atoms with Crippen molar-refractivity contribution >= 4 is 10.8 Å². The Morgan fingerprint density at radius 2 is 1.46 bits per heavy atom. The Kier molecular flexibility index (Phi) is 11.7. The van der Waals surface area contributed by atoms with Crippen molar-refractivity contribution in [3.8, 4) is 11.8 Å². The molecule has 0 radical (unpaired) electrons. The van der Waals surface area contributed by atoms with Crippen LogP contribution in [0.15, 0.2) is 66.7 Å². The van der Waals surface area contributed by atoms with Gasteiger partial charge in [0.25, 0.3) is 0 Å². The maximum atomic E-state index is 15.1. The second kappa shape index (κ2) is 15.7. The van der Waals surface area contributed by atoms with Gasteiger partial charge in [0.1, 0.15) is 5.82 Å². The maximum absolute atomic E-state index is 15.1. The number of allylic oxidation sites excluding steroid dienone is 2. The molecule has 1 fully saturated rings. The lowest BCUT2D eigenvalue weighted by Crippen LogP contribution is -2.15. The summed E-state index contributed by atoms with van der Waals surface area (Å²) in [7, 11) is 0. The quantitative estimate of drug-likeness (QED) is 0.126. The van der Waals surface area contributed by atoms with E-state index in [1.165, 1.54) is 82.6 Å². The molecule has 0 spiro atoms. The van der Waals surface area contributed by atoms with Crippen molar-refractivity contribution in [1.29, 1.82) is 0 Å². The van der Waals surface area contributed by atoms with Gasteiger partial charge in [-0.1, -0.05) is 113 Å². The third-order valence-corrected chi connectivity index (χ3v) is 8.67. The van der Waals surface area contributed by atoms with Crippen molar-refractivity contribution in [2.24, 2.45) is 11.8 Å². The highest BCUT2D eigenvalue weighted by atomic mass is 19.1. The highest BCUT2D eigenvalue weighted by Gasteiger charge is 2.20. The number of rotatable bonds is 12. The predicted octanol–water partition coefficient (Wildman–Crippen LogP) is 11.0. The zero-order valence-corrected chi connectivity index (χ0v) is 24.3. The lowest BCUT2D eigenvalue weighted by atomic mass is 9.78. The van der Waals surface area contributed by atoms with Crippen LogP contribution in [-0.4, -0.2) is 0 Å². The molecule has 1 aliphatic carbocycles. The molecule has 3 aromatic carbocycles. The van der Waals surface area contributed by atoms with Gasteiger partial charge < -0.3 is 0 Å². The van der Waals surface area contributed by atoms with Crippen molar-refractivity contribution in [3.63, 3.8) is 0 Å². The standard InChI is InChI=1S/C38H47F/c1-3-5-7-8-10-12-35-26-27-36-29-34(25-28-37(36)38(35)39)24-23-33-21-19-32(20-22-33)18-17-31-15-13-30(14-16-31)11-9-6-4-2/h4,6,19-22,25-31H,3,5,7-18H2,1-2H3/b6-4+. The fourth-order valence-electron chi connectivity index (χ4n) is 6.10. The van der Waals surface area contributed by atoms with E-state index in [1.54, 1.807) is 0 Å². The number of hydrogen-bond acceptors (Lipinski definition) is 0. The molecule has 206 valence electrons. The van der Waals surface area contributed by atoms with Crippen molar-refractivity contribution in [2.75, 3.05) is 0 Å². The molecule has 0 unspecified atom stereocenters. The van der Waals surface area contributed by atoms with Crippen molar-refractivity contribution in [1.82, 2.24) is 0 Å². The van der Waals surface area contributed by atoms with Crippen LogP contribution in [0.4, 0.5) is 4.39 Å². The summed E-state index contributed by atoms with van der Waals surface area (Å²) in [6, 6.07) is 18.7. The van der Waals surface area contributed by atoms with Crippen LogP contribution < -0.4 is 0 Å². The minimum absolute atomic E-state index is 0.0597. The normalized spacial score (nSPS) is 17.4. The fourth-order valence-corrected chi connectivity index (χ4v) is 6.10. The summed E-state index contributed by atoms with van der Waals surface area (Å²) >= 11 is 0. The molecule has 0 heterocycles. The van der Waals surface area contributed by atoms with E-state index >= 15 is 4.39 Å². The Morgan fingerprint density at radius 3 is 2.21 bits per heavy atom. The number of aryl methyl sites for hydroxylation is 2. The molecule has 3 aromatic rings. The number of fused-ring (bicyclic) bond motifs is 1. The van der Waals surface area contributed by atoms with Crippen LogP contribution >= 0.6 is 0 Å². The molecular weight excluding hydrogens is 475 g/mol. The third-order valence-electron chi connectivity index (χ3n) is 8.67.